The molecule has 0 aliphatic carbocycles. The Balaban J connectivity index is 1.58. The summed E-state index contributed by atoms with van der Waals surface area (Å²) in [7, 11) is 0. The molecular formula is C14H14BrNO2S. The highest BCUT2D eigenvalue weighted by Crippen LogP contribution is 2.30. The van der Waals surface area contributed by atoms with Crippen molar-refractivity contribution in [2.24, 2.45) is 0 Å². The quantitative estimate of drug-likeness (QED) is 0.923. The lowest BCUT2D eigenvalue weighted by Gasteiger charge is -2.18. The zero-order valence-electron chi connectivity index (χ0n) is 10.3. The van der Waals surface area contributed by atoms with Crippen molar-refractivity contribution >= 4 is 27.3 Å². The highest BCUT2D eigenvalue weighted by atomic mass is 79.9. The van der Waals surface area contributed by atoms with Crippen LogP contribution in [0.25, 0.3) is 0 Å². The second-order valence-electron chi connectivity index (χ2n) is 4.34. The van der Waals surface area contributed by atoms with Crippen LogP contribution in [-0.2, 0) is 13.1 Å². The van der Waals surface area contributed by atoms with Gasteiger partial charge in [-0.3, -0.25) is 0 Å². The van der Waals surface area contributed by atoms with E-state index < -0.39 is 0 Å². The summed E-state index contributed by atoms with van der Waals surface area (Å²) < 4.78 is 12.3. The molecule has 5 heteroatoms. The van der Waals surface area contributed by atoms with E-state index >= 15 is 0 Å². The molecule has 100 valence electrons. The average molecular weight is 340 g/mol. The Bertz CT molecular complexity index is 570. The molecule has 3 rings (SSSR count). The average Bonchev–Trinajstić information content (AvgIpc) is 2.84. The molecule has 1 N–H and O–H groups in total. The van der Waals surface area contributed by atoms with E-state index in [1.807, 2.05) is 12.1 Å². The monoisotopic (exact) mass is 339 g/mol. The smallest absolute Gasteiger partial charge is 0.161 e. The molecule has 0 atom stereocenters. The minimum absolute atomic E-state index is 0.632. The molecule has 0 bridgehead atoms. The van der Waals surface area contributed by atoms with Crippen molar-refractivity contribution in [1.29, 1.82) is 0 Å². The molecule has 1 aliphatic rings. The molecule has 0 spiro atoms. The maximum atomic E-state index is 5.57. The molecular weight excluding hydrogens is 326 g/mol. The van der Waals surface area contributed by atoms with Gasteiger partial charge in [0.25, 0.3) is 0 Å². The largest absolute Gasteiger partial charge is 0.486 e. The van der Waals surface area contributed by atoms with E-state index in [1.165, 1.54) is 14.9 Å². The van der Waals surface area contributed by atoms with Gasteiger partial charge in [-0.05, 0) is 50.6 Å². The number of rotatable bonds is 4. The molecule has 0 radical (unpaired) electrons. The second-order valence-corrected chi connectivity index (χ2v) is 6.63. The summed E-state index contributed by atoms with van der Waals surface area (Å²) in [5.41, 5.74) is 2.51. The van der Waals surface area contributed by atoms with Crippen molar-refractivity contribution in [3.05, 3.63) is 44.6 Å². The van der Waals surface area contributed by atoms with Crippen LogP contribution in [0.2, 0.25) is 0 Å². The molecule has 1 aromatic heterocycles. The molecule has 1 aliphatic heterocycles. The van der Waals surface area contributed by atoms with Gasteiger partial charge in [0.1, 0.15) is 13.2 Å². The summed E-state index contributed by atoms with van der Waals surface area (Å²) in [6.07, 6.45) is 0. The normalized spacial score (nSPS) is 13.5. The van der Waals surface area contributed by atoms with Crippen LogP contribution in [0.1, 0.15) is 11.1 Å². The van der Waals surface area contributed by atoms with Gasteiger partial charge in [0.05, 0.1) is 3.79 Å². The van der Waals surface area contributed by atoms with Crippen molar-refractivity contribution in [2.45, 2.75) is 13.1 Å². The maximum absolute atomic E-state index is 5.57. The summed E-state index contributed by atoms with van der Waals surface area (Å²) >= 11 is 5.18. The van der Waals surface area contributed by atoms with E-state index in [0.717, 1.165) is 24.6 Å². The summed E-state index contributed by atoms with van der Waals surface area (Å²) in [6, 6.07) is 8.24. The number of halogens is 1. The fraction of sp³-hybridized carbons (Fsp3) is 0.286. The van der Waals surface area contributed by atoms with Crippen molar-refractivity contribution in [2.75, 3.05) is 13.2 Å². The minimum Gasteiger partial charge on any atom is -0.486 e. The molecule has 3 nitrogen and oxygen atoms in total. The van der Waals surface area contributed by atoms with Gasteiger partial charge >= 0.3 is 0 Å². The summed E-state index contributed by atoms with van der Waals surface area (Å²) in [5.74, 6) is 1.69. The first kappa shape index (κ1) is 13.0. The van der Waals surface area contributed by atoms with Gasteiger partial charge in [-0.15, -0.1) is 11.3 Å². The van der Waals surface area contributed by atoms with Gasteiger partial charge in [-0.1, -0.05) is 6.07 Å². The Morgan fingerprint density at radius 3 is 2.63 bits per heavy atom. The molecule has 2 aromatic rings. The number of thiophene rings is 1. The highest BCUT2D eigenvalue weighted by molar-refractivity contribution is 9.11. The van der Waals surface area contributed by atoms with Crippen LogP contribution in [0.4, 0.5) is 0 Å². The topological polar surface area (TPSA) is 30.5 Å². The molecule has 19 heavy (non-hydrogen) atoms. The number of hydrogen-bond donors (Lipinski definition) is 1. The van der Waals surface area contributed by atoms with Gasteiger partial charge in [-0.2, -0.15) is 0 Å². The fourth-order valence-electron chi connectivity index (χ4n) is 1.99. The number of nitrogens with one attached hydrogen (secondary N) is 1. The maximum Gasteiger partial charge on any atom is 0.161 e. The van der Waals surface area contributed by atoms with Crippen LogP contribution < -0.4 is 14.8 Å². The standard InChI is InChI=1S/C14H14BrNO2S/c15-14-6-11(9-19-14)8-16-7-10-1-2-12-13(5-10)18-4-3-17-12/h1-2,5-6,9,16H,3-4,7-8H2. The third kappa shape index (κ3) is 3.29. The Hall–Kier alpha value is -1.04. The second kappa shape index (κ2) is 5.94. The summed E-state index contributed by atoms with van der Waals surface area (Å²) in [4.78, 5) is 0. The van der Waals surface area contributed by atoms with Gasteiger partial charge in [0.15, 0.2) is 11.5 Å². The Kier molecular flexibility index (Phi) is 4.06. The molecule has 2 heterocycles. The van der Waals surface area contributed by atoms with Crippen molar-refractivity contribution in [3.63, 3.8) is 0 Å². The molecule has 0 unspecified atom stereocenters. The van der Waals surface area contributed by atoms with Crippen LogP contribution in [0.5, 0.6) is 11.5 Å². The number of ether oxygens (including phenoxy) is 2. The van der Waals surface area contributed by atoms with Crippen molar-refractivity contribution in [1.82, 2.24) is 5.32 Å². The van der Waals surface area contributed by atoms with Crippen molar-refractivity contribution in [3.8, 4) is 11.5 Å². The third-order valence-corrected chi connectivity index (χ3v) is 4.44. The highest BCUT2D eigenvalue weighted by Gasteiger charge is 2.11. The van der Waals surface area contributed by atoms with Crippen LogP contribution in [0, 0.1) is 0 Å². The van der Waals surface area contributed by atoms with Gasteiger partial charge in [0.2, 0.25) is 0 Å². The predicted molar refractivity (Wildman–Crippen MR) is 80.0 cm³/mol. The summed E-state index contributed by atoms with van der Waals surface area (Å²) in [6.45, 7) is 2.96. The number of hydrogen-bond acceptors (Lipinski definition) is 4. The molecule has 0 saturated heterocycles. The lowest BCUT2D eigenvalue weighted by Crippen LogP contribution is -2.16. The zero-order valence-corrected chi connectivity index (χ0v) is 12.7. The number of fused-ring (bicyclic) bond motifs is 1. The lowest BCUT2D eigenvalue weighted by molar-refractivity contribution is 0.171. The fourth-order valence-corrected chi connectivity index (χ4v) is 3.20. The number of benzene rings is 1. The lowest BCUT2D eigenvalue weighted by atomic mass is 10.2. The Morgan fingerprint density at radius 2 is 1.84 bits per heavy atom. The Labute approximate surface area is 124 Å². The predicted octanol–water partition coefficient (Wildman–Crippen LogP) is 3.57. The van der Waals surface area contributed by atoms with Crippen LogP contribution in [-0.4, -0.2) is 13.2 Å². The van der Waals surface area contributed by atoms with E-state index in [0.29, 0.717) is 13.2 Å². The first-order valence-corrected chi connectivity index (χ1v) is 7.81. The van der Waals surface area contributed by atoms with Crippen LogP contribution >= 0.6 is 27.3 Å². The molecule has 0 saturated carbocycles. The van der Waals surface area contributed by atoms with Crippen LogP contribution in [0.3, 0.4) is 0 Å². The van der Waals surface area contributed by atoms with E-state index in [2.05, 4.69) is 38.8 Å². The van der Waals surface area contributed by atoms with Gasteiger partial charge in [-0.25, -0.2) is 0 Å². The summed E-state index contributed by atoms with van der Waals surface area (Å²) in [5, 5.41) is 5.58. The Morgan fingerprint density at radius 1 is 1.05 bits per heavy atom. The minimum atomic E-state index is 0.632. The molecule has 1 aromatic carbocycles. The van der Waals surface area contributed by atoms with Gasteiger partial charge in [0, 0.05) is 13.1 Å². The zero-order chi connectivity index (χ0) is 13.1. The van der Waals surface area contributed by atoms with E-state index in [9.17, 15) is 0 Å². The van der Waals surface area contributed by atoms with E-state index in [1.54, 1.807) is 11.3 Å². The first-order valence-electron chi connectivity index (χ1n) is 6.13. The first-order chi connectivity index (χ1) is 9.31. The SMILES string of the molecule is Brc1cc(CNCc2ccc3c(c2)OCCO3)cs1. The van der Waals surface area contributed by atoms with E-state index in [4.69, 9.17) is 9.47 Å². The van der Waals surface area contributed by atoms with Crippen molar-refractivity contribution < 1.29 is 9.47 Å². The molecule has 0 fully saturated rings. The van der Waals surface area contributed by atoms with Gasteiger partial charge < -0.3 is 14.8 Å². The van der Waals surface area contributed by atoms with Crippen LogP contribution in [0.15, 0.2) is 33.4 Å². The van der Waals surface area contributed by atoms with E-state index in [-0.39, 0.29) is 0 Å². The third-order valence-electron chi connectivity index (χ3n) is 2.89. The molecule has 0 amide bonds.